The zero-order valence-electron chi connectivity index (χ0n) is 27.8. The molecule has 0 fully saturated rings. The van der Waals surface area contributed by atoms with E-state index in [1.54, 1.807) is 0 Å². The van der Waals surface area contributed by atoms with Gasteiger partial charge in [-0.15, -0.1) is 0 Å². The maximum Gasteiger partial charge on any atom is 0.220 e. The molecule has 0 bridgehead atoms. The SMILES string of the molecule is CCCCCCCC/C=C\CCCCCCCCCC(=O)NC(CO)C(O)CCCCCCCCCCCCCC. The fourth-order valence-electron chi connectivity index (χ4n) is 5.65. The molecule has 0 saturated heterocycles. The first-order valence-corrected chi connectivity index (χ1v) is 18.4. The van der Waals surface area contributed by atoms with E-state index in [1.807, 2.05) is 0 Å². The Hall–Kier alpha value is -0.870. The minimum absolute atomic E-state index is 0.0365. The molecule has 41 heavy (non-hydrogen) atoms. The molecule has 0 saturated carbocycles. The lowest BCUT2D eigenvalue weighted by atomic mass is 10.0. The molecule has 0 aromatic heterocycles. The minimum Gasteiger partial charge on any atom is -0.394 e. The molecule has 4 heteroatoms. The van der Waals surface area contributed by atoms with E-state index in [4.69, 9.17) is 0 Å². The van der Waals surface area contributed by atoms with Gasteiger partial charge in [-0.05, 0) is 38.5 Å². The number of aliphatic hydroxyl groups excluding tert-OH is 2. The van der Waals surface area contributed by atoms with E-state index >= 15 is 0 Å². The standard InChI is InChI=1S/C37H73NO3/c1-3-5-7-9-11-13-15-17-18-19-20-21-23-25-27-29-31-33-37(41)38-35(34-39)36(40)32-30-28-26-24-22-16-14-12-10-8-6-4-2/h17-18,35-36,39-40H,3-16,19-34H2,1-2H3,(H,38,41)/b18-17-. The van der Waals surface area contributed by atoms with Gasteiger partial charge >= 0.3 is 0 Å². The highest BCUT2D eigenvalue weighted by molar-refractivity contribution is 5.76. The monoisotopic (exact) mass is 580 g/mol. The van der Waals surface area contributed by atoms with Gasteiger partial charge in [0.15, 0.2) is 0 Å². The van der Waals surface area contributed by atoms with Crippen molar-refractivity contribution in [2.24, 2.45) is 0 Å². The van der Waals surface area contributed by atoms with Crippen molar-refractivity contribution in [2.75, 3.05) is 6.61 Å². The second-order valence-corrected chi connectivity index (χ2v) is 12.6. The average molecular weight is 580 g/mol. The summed E-state index contributed by atoms with van der Waals surface area (Å²) in [6.45, 7) is 4.34. The summed E-state index contributed by atoms with van der Waals surface area (Å²) >= 11 is 0. The van der Waals surface area contributed by atoms with Crippen LogP contribution >= 0.6 is 0 Å². The predicted octanol–water partition coefficient (Wildman–Crippen LogP) is 10.7. The van der Waals surface area contributed by atoms with Crippen LogP contribution < -0.4 is 5.32 Å². The van der Waals surface area contributed by atoms with Crippen LogP contribution in [0.5, 0.6) is 0 Å². The third kappa shape index (κ3) is 30.4. The first kappa shape index (κ1) is 40.1. The van der Waals surface area contributed by atoms with E-state index in [0.717, 1.165) is 25.7 Å². The van der Waals surface area contributed by atoms with Crippen LogP contribution in [0.1, 0.15) is 200 Å². The normalized spacial score (nSPS) is 13.2. The average Bonchev–Trinajstić information content (AvgIpc) is 2.97. The van der Waals surface area contributed by atoms with Crippen LogP contribution in [-0.4, -0.2) is 34.9 Å². The Morgan fingerprint density at radius 3 is 1.34 bits per heavy atom. The molecule has 2 unspecified atom stereocenters. The number of nitrogens with one attached hydrogen (secondary N) is 1. The van der Waals surface area contributed by atoms with Crippen molar-refractivity contribution in [1.82, 2.24) is 5.32 Å². The molecule has 4 nitrogen and oxygen atoms in total. The number of amides is 1. The molecule has 1 amide bonds. The minimum atomic E-state index is -0.655. The number of rotatable bonds is 33. The van der Waals surface area contributed by atoms with Crippen LogP contribution in [-0.2, 0) is 4.79 Å². The highest BCUT2D eigenvalue weighted by atomic mass is 16.3. The van der Waals surface area contributed by atoms with Crippen molar-refractivity contribution in [3.05, 3.63) is 12.2 Å². The number of carbonyl (C=O) groups excluding carboxylic acids is 1. The lowest BCUT2D eigenvalue weighted by molar-refractivity contribution is -0.123. The molecular formula is C37H73NO3. The van der Waals surface area contributed by atoms with Gasteiger partial charge in [-0.2, -0.15) is 0 Å². The molecule has 0 aliphatic heterocycles. The molecule has 244 valence electrons. The Kier molecular flexibility index (Phi) is 32.9. The van der Waals surface area contributed by atoms with Crippen molar-refractivity contribution in [1.29, 1.82) is 0 Å². The second kappa shape index (κ2) is 33.6. The smallest absolute Gasteiger partial charge is 0.220 e. The molecular weight excluding hydrogens is 506 g/mol. The Morgan fingerprint density at radius 1 is 0.561 bits per heavy atom. The maximum absolute atomic E-state index is 12.3. The molecule has 0 aromatic rings. The quantitative estimate of drug-likeness (QED) is 0.0535. The van der Waals surface area contributed by atoms with E-state index in [0.29, 0.717) is 12.8 Å². The Bertz CT molecular complexity index is 550. The van der Waals surface area contributed by atoms with Gasteiger partial charge in [-0.3, -0.25) is 4.79 Å². The molecule has 0 radical (unpaired) electrons. The predicted molar refractivity (Wildman–Crippen MR) is 179 cm³/mol. The molecule has 0 rings (SSSR count). The molecule has 3 N–H and O–H groups in total. The lowest BCUT2D eigenvalue weighted by Crippen LogP contribution is -2.45. The number of hydrogen-bond acceptors (Lipinski definition) is 3. The first-order valence-electron chi connectivity index (χ1n) is 18.4. The van der Waals surface area contributed by atoms with Gasteiger partial charge in [-0.1, -0.05) is 167 Å². The topological polar surface area (TPSA) is 69.6 Å². The van der Waals surface area contributed by atoms with Crippen LogP contribution in [0.3, 0.4) is 0 Å². The summed E-state index contributed by atoms with van der Waals surface area (Å²) in [5, 5.41) is 23.0. The van der Waals surface area contributed by atoms with Gasteiger partial charge < -0.3 is 15.5 Å². The van der Waals surface area contributed by atoms with Crippen LogP contribution in [0.25, 0.3) is 0 Å². The number of carbonyl (C=O) groups is 1. The van der Waals surface area contributed by atoms with Crippen molar-refractivity contribution in [2.45, 2.75) is 212 Å². The number of aliphatic hydroxyl groups is 2. The van der Waals surface area contributed by atoms with E-state index < -0.39 is 12.1 Å². The zero-order valence-corrected chi connectivity index (χ0v) is 27.8. The molecule has 0 aliphatic carbocycles. The number of allylic oxidation sites excluding steroid dienone is 2. The maximum atomic E-state index is 12.3. The highest BCUT2D eigenvalue weighted by Gasteiger charge is 2.19. The zero-order chi connectivity index (χ0) is 30.1. The molecule has 0 aliphatic rings. The van der Waals surface area contributed by atoms with Gasteiger partial charge in [0.1, 0.15) is 0 Å². The first-order chi connectivity index (χ1) is 20.2. The lowest BCUT2D eigenvalue weighted by Gasteiger charge is -2.22. The number of unbranched alkanes of at least 4 members (excludes halogenated alkanes) is 24. The molecule has 0 spiro atoms. The van der Waals surface area contributed by atoms with Crippen molar-refractivity contribution in [3.63, 3.8) is 0 Å². The Labute approximate surface area is 256 Å². The van der Waals surface area contributed by atoms with Crippen molar-refractivity contribution >= 4 is 5.91 Å². The molecule has 0 aromatic carbocycles. The van der Waals surface area contributed by atoms with Crippen LogP contribution in [0.4, 0.5) is 0 Å². The summed E-state index contributed by atoms with van der Waals surface area (Å²) < 4.78 is 0. The Balaban J connectivity index is 3.55. The summed E-state index contributed by atoms with van der Waals surface area (Å²) in [7, 11) is 0. The van der Waals surface area contributed by atoms with E-state index in [1.165, 1.54) is 148 Å². The summed E-state index contributed by atoms with van der Waals surface area (Å²) in [5.41, 5.74) is 0. The summed E-state index contributed by atoms with van der Waals surface area (Å²) in [4.78, 5) is 12.3. The summed E-state index contributed by atoms with van der Waals surface area (Å²) in [5.74, 6) is -0.0365. The van der Waals surface area contributed by atoms with E-state index in [9.17, 15) is 15.0 Å². The summed E-state index contributed by atoms with van der Waals surface area (Å²) in [6, 6.07) is -0.532. The van der Waals surface area contributed by atoms with E-state index in [2.05, 4.69) is 31.3 Å². The third-order valence-corrected chi connectivity index (χ3v) is 8.53. The van der Waals surface area contributed by atoms with Crippen LogP contribution in [0.15, 0.2) is 12.2 Å². The highest BCUT2D eigenvalue weighted by Crippen LogP contribution is 2.15. The van der Waals surface area contributed by atoms with Gasteiger partial charge in [-0.25, -0.2) is 0 Å². The Morgan fingerprint density at radius 2 is 0.927 bits per heavy atom. The van der Waals surface area contributed by atoms with Crippen molar-refractivity contribution < 1.29 is 15.0 Å². The fourth-order valence-corrected chi connectivity index (χ4v) is 5.65. The van der Waals surface area contributed by atoms with E-state index in [-0.39, 0.29) is 12.5 Å². The second-order valence-electron chi connectivity index (χ2n) is 12.6. The largest absolute Gasteiger partial charge is 0.394 e. The van der Waals surface area contributed by atoms with Gasteiger partial charge in [0, 0.05) is 6.42 Å². The van der Waals surface area contributed by atoms with Gasteiger partial charge in [0.25, 0.3) is 0 Å². The van der Waals surface area contributed by atoms with Crippen LogP contribution in [0, 0.1) is 0 Å². The molecule has 2 atom stereocenters. The van der Waals surface area contributed by atoms with Crippen LogP contribution in [0.2, 0.25) is 0 Å². The van der Waals surface area contributed by atoms with Gasteiger partial charge in [0.2, 0.25) is 5.91 Å². The summed E-state index contributed by atoms with van der Waals surface area (Å²) in [6.07, 6.45) is 39.7. The third-order valence-electron chi connectivity index (χ3n) is 8.53. The fraction of sp³-hybridized carbons (Fsp3) is 0.919. The number of hydrogen-bond donors (Lipinski definition) is 3. The van der Waals surface area contributed by atoms with Gasteiger partial charge in [0.05, 0.1) is 18.8 Å². The molecule has 0 heterocycles. The van der Waals surface area contributed by atoms with Crippen molar-refractivity contribution in [3.8, 4) is 0 Å².